The zero-order chi connectivity index (χ0) is 16.2. The van der Waals surface area contributed by atoms with Crippen LogP contribution >= 0.6 is 11.8 Å². The molecule has 0 spiro atoms. The van der Waals surface area contributed by atoms with Crippen molar-refractivity contribution in [3.63, 3.8) is 0 Å². The number of hydrogen-bond donors (Lipinski definition) is 1. The summed E-state index contributed by atoms with van der Waals surface area (Å²) < 4.78 is 5.70. The Morgan fingerprint density at radius 1 is 1.22 bits per heavy atom. The molecule has 2 aliphatic rings. The van der Waals surface area contributed by atoms with Crippen molar-refractivity contribution in [2.24, 2.45) is 0 Å². The molecule has 1 amide bonds. The molecular formula is C17H21NO4S. The Kier molecular flexibility index (Phi) is 5.23. The van der Waals surface area contributed by atoms with Crippen LogP contribution in [0.1, 0.15) is 40.0 Å². The molecule has 6 heteroatoms. The molecule has 1 N–H and O–H groups in total. The first kappa shape index (κ1) is 16.3. The zero-order valence-corrected chi connectivity index (χ0v) is 13.8. The van der Waals surface area contributed by atoms with Crippen LogP contribution in [-0.4, -0.2) is 58.7 Å². The minimum Gasteiger partial charge on any atom is -0.478 e. The van der Waals surface area contributed by atoms with E-state index in [-0.39, 0.29) is 23.6 Å². The van der Waals surface area contributed by atoms with Gasteiger partial charge in [0.2, 0.25) is 0 Å². The van der Waals surface area contributed by atoms with E-state index in [0.29, 0.717) is 12.1 Å². The lowest BCUT2D eigenvalue weighted by Gasteiger charge is -2.31. The maximum atomic E-state index is 12.9. The molecule has 2 fully saturated rings. The molecule has 0 bridgehead atoms. The van der Waals surface area contributed by atoms with Crippen molar-refractivity contribution in [3.8, 4) is 0 Å². The summed E-state index contributed by atoms with van der Waals surface area (Å²) in [6, 6.07) is 6.44. The molecule has 2 aliphatic heterocycles. The van der Waals surface area contributed by atoms with Gasteiger partial charge in [-0.3, -0.25) is 4.79 Å². The molecule has 2 saturated heterocycles. The average molecular weight is 335 g/mol. The van der Waals surface area contributed by atoms with Crippen molar-refractivity contribution in [1.29, 1.82) is 0 Å². The molecule has 23 heavy (non-hydrogen) atoms. The molecule has 1 aromatic carbocycles. The Morgan fingerprint density at radius 3 is 2.52 bits per heavy atom. The van der Waals surface area contributed by atoms with E-state index < -0.39 is 5.97 Å². The van der Waals surface area contributed by atoms with Gasteiger partial charge in [0.1, 0.15) is 0 Å². The van der Waals surface area contributed by atoms with Crippen LogP contribution in [0.15, 0.2) is 24.3 Å². The van der Waals surface area contributed by atoms with E-state index in [1.54, 1.807) is 12.1 Å². The summed E-state index contributed by atoms with van der Waals surface area (Å²) in [5.74, 6) is 1.04. The molecule has 1 aromatic rings. The molecule has 0 unspecified atom stereocenters. The van der Waals surface area contributed by atoms with Crippen molar-refractivity contribution in [2.75, 3.05) is 24.7 Å². The summed E-state index contributed by atoms with van der Waals surface area (Å²) in [4.78, 5) is 25.8. The maximum absolute atomic E-state index is 12.9. The largest absolute Gasteiger partial charge is 0.478 e. The maximum Gasteiger partial charge on any atom is 0.335 e. The van der Waals surface area contributed by atoms with E-state index >= 15 is 0 Å². The average Bonchev–Trinajstić information content (AvgIpc) is 3.25. The number of hydrogen-bond acceptors (Lipinski definition) is 4. The standard InChI is InChI=1S/C17H21NO4S/c19-16(12-3-5-13(6-4-12)17(20)21)18(14-7-9-23-11-14)10-15-2-1-8-22-15/h3-6,14-15H,1-2,7-11H2,(H,20,21)/t14-,15-/m1/s1. The Balaban J connectivity index is 1.76. The van der Waals surface area contributed by atoms with E-state index in [4.69, 9.17) is 9.84 Å². The summed E-state index contributed by atoms with van der Waals surface area (Å²) in [5, 5.41) is 8.97. The third-order valence-electron chi connectivity index (χ3n) is 4.41. The summed E-state index contributed by atoms with van der Waals surface area (Å²) >= 11 is 1.87. The fourth-order valence-corrected chi connectivity index (χ4v) is 4.32. The molecule has 0 radical (unpaired) electrons. The number of carbonyl (C=O) groups excluding carboxylic acids is 1. The minimum atomic E-state index is -0.979. The second kappa shape index (κ2) is 7.36. The number of carboxylic acids is 1. The van der Waals surface area contributed by atoms with E-state index in [9.17, 15) is 9.59 Å². The second-order valence-corrected chi connectivity index (χ2v) is 7.14. The fraction of sp³-hybridized carbons (Fsp3) is 0.529. The number of carbonyl (C=O) groups is 2. The Morgan fingerprint density at radius 2 is 1.96 bits per heavy atom. The van der Waals surface area contributed by atoms with Crippen LogP contribution in [0.5, 0.6) is 0 Å². The van der Waals surface area contributed by atoms with Gasteiger partial charge >= 0.3 is 5.97 Å². The van der Waals surface area contributed by atoms with E-state index in [1.165, 1.54) is 12.1 Å². The first-order chi connectivity index (χ1) is 11.1. The van der Waals surface area contributed by atoms with Crippen molar-refractivity contribution in [1.82, 2.24) is 4.90 Å². The summed E-state index contributed by atoms with van der Waals surface area (Å²) in [7, 11) is 0. The van der Waals surface area contributed by atoms with Gasteiger partial charge in [-0.05, 0) is 49.3 Å². The van der Waals surface area contributed by atoms with Crippen LogP contribution in [-0.2, 0) is 4.74 Å². The van der Waals surface area contributed by atoms with Crippen molar-refractivity contribution in [2.45, 2.75) is 31.4 Å². The van der Waals surface area contributed by atoms with E-state index in [0.717, 1.165) is 37.4 Å². The first-order valence-corrected chi connectivity index (χ1v) is 9.14. The molecule has 0 saturated carbocycles. The summed E-state index contributed by atoms with van der Waals surface area (Å²) in [5.41, 5.74) is 0.744. The highest BCUT2D eigenvalue weighted by atomic mass is 32.2. The van der Waals surface area contributed by atoms with Gasteiger partial charge in [-0.25, -0.2) is 4.79 Å². The van der Waals surface area contributed by atoms with Crippen LogP contribution in [0.4, 0.5) is 0 Å². The molecule has 2 atom stereocenters. The van der Waals surface area contributed by atoms with Crippen LogP contribution in [0.3, 0.4) is 0 Å². The molecule has 3 rings (SSSR count). The predicted octanol–water partition coefficient (Wildman–Crippen LogP) is 2.51. The van der Waals surface area contributed by atoms with Gasteiger partial charge in [0.25, 0.3) is 5.91 Å². The predicted molar refractivity (Wildman–Crippen MR) is 89.1 cm³/mol. The molecule has 124 valence electrons. The highest BCUT2D eigenvalue weighted by Crippen LogP contribution is 2.26. The van der Waals surface area contributed by atoms with Gasteiger partial charge in [-0.2, -0.15) is 11.8 Å². The summed E-state index contributed by atoms with van der Waals surface area (Å²) in [6.07, 6.45) is 3.19. The smallest absolute Gasteiger partial charge is 0.335 e. The van der Waals surface area contributed by atoms with Crippen molar-refractivity contribution < 1.29 is 19.4 Å². The van der Waals surface area contributed by atoms with Crippen LogP contribution in [0.2, 0.25) is 0 Å². The van der Waals surface area contributed by atoms with Crippen molar-refractivity contribution >= 4 is 23.6 Å². The van der Waals surface area contributed by atoms with Gasteiger partial charge in [0.15, 0.2) is 0 Å². The van der Waals surface area contributed by atoms with Gasteiger partial charge < -0.3 is 14.7 Å². The minimum absolute atomic E-state index is 0.0232. The molecule has 5 nitrogen and oxygen atoms in total. The van der Waals surface area contributed by atoms with Gasteiger partial charge in [-0.1, -0.05) is 0 Å². The van der Waals surface area contributed by atoms with Gasteiger partial charge in [0, 0.05) is 30.5 Å². The number of rotatable bonds is 5. The number of benzene rings is 1. The lowest BCUT2D eigenvalue weighted by molar-refractivity contribution is 0.0441. The third kappa shape index (κ3) is 3.87. The van der Waals surface area contributed by atoms with Crippen LogP contribution < -0.4 is 0 Å². The monoisotopic (exact) mass is 335 g/mol. The first-order valence-electron chi connectivity index (χ1n) is 7.99. The van der Waals surface area contributed by atoms with Gasteiger partial charge in [-0.15, -0.1) is 0 Å². The van der Waals surface area contributed by atoms with Crippen LogP contribution in [0, 0.1) is 0 Å². The molecule has 0 aliphatic carbocycles. The fourth-order valence-electron chi connectivity index (χ4n) is 3.09. The Labute approximate surface area is 140 Å². The number of nitrogens with zero attached hydrogens (tertiary/aromatic N) is 1. The lowest BCUT2D eigenvalue weighted by atomic mass is 10.1. The SMILES string of the molecule is O=C(O)c1ccc(C(=O)N(C[C@H]2CCCO2)[C@@H]2CCSC2)cc1. The Bertz CT molecular complexity index is 562. The number of thioether (sulfide) groups is 1. The normalized spacial score (nSPS) is 23.8. The van der Waals surface area contributed by atoms with E-state index in [2.05, 4.69) is 0 Å². The number of amides is 1. The number of aromatic carboxylic acids is 1. The molecule has 0 aromatic heterocycles. The highest BCUT2D eigenvalue weighted by molar-refractivity contribution is 7.99. The van der Waals surface area contributed by atoms with Crippen LogP contribution in [0.25, 0.3) is 0 Å². The topological polar surface area (TPSA) is 66.8 Å². The number of ether oxygens (including phenoxy) is 1. The Hall–Kier alpha value is -1.53. The second-order valence-electron chi connectivity index (χ2n) is 5.99. The lowest BCUT2D eigenvalue weighted by Crippen LogP contribution is -2.44. The quantitative estimate of drug-likeness (QED) is 0.895. The van der Waals surface area contributed by atoms with Crippen molar-refractivity contribution in [3.05, 3.63) is 35.4 Å². The highest BCUT2D eigenvalue weighted by Gasteiger charge is 2.31. The number of carboxylic acid groups (broad SMARTS) is 1. The van der Waals surface area contributed by atoms with E-state index in [1.807, 2.05) is 16.7 Å². The zero-order valence-electron chi connectivity index (χ0n) is 12.9. The molecular weight excluding hydrogens is 314 g/mol. The third-order valence-corrected chi connectivity index (χ3v) is 5.56. The van der Waals surface area contributed by atoms with Gasteiger partial charge in [0.05, 0.1) is 11.7 Å². The summed E-state index contributed by atoms with van der Waals surface area (Å²) in [6.45, 7) is 1.41. The molecule has 2 heterocycles.